The molecule has 0 aliphatic carbocycles. The number of ether oxygens (including phenoxy) is 1. The van der Waals surface area contributed by atoms with Crippen LogP contribution in [0.3, 0.4) is 0 Å². The Balaban J connectivity index is 0.00000507. The summed E-state index contributed by atoms with van der Waals surface area (Å²) in [7, 11) is 0. The molecule has 206 valence electrons. The van der Waals surface area contributed by atoms with E-state index >= 15 is 0 Å². The van der Waals surface area contributed by atoms with E-state index in [1.165, 1.54) is 30.6 Å². The molecule has 0 saturated heterocycles. The zero-order valence-corrected chi connectivity index (χ0v) is 22.0. The summed E-state index contributed by atoms with van der Waals surface area (Å²) in [5, 5.41) is 14.4. The number of nitrogens with one attached hydrogen (secondary N) is 3. The number of anilines is 2. The van der Waals surface area contributed by atoms with Crippen LogP contribution in [-0.2, 0) is 12.6 Å². The number of H-pyrrole nitrogens is 1. The van der Waals surface area contributed by atoms with Gasteiger partial charge in [-0.05, 0) is 49.4 Å². The highest BCUT2D eigenvalue weighted by atomic mass is 35.5. The van der Waals surface area contributed by atoms with Gasteiger partial charge in [-0.3, -0.25) is 4.79 Å². The first-order valence-electron chi connectivity index (χ1n) is 11.4. The Labute approximate surface area is 223 Å². The summed E-state index contributed by atoms with van der Waals surface area (Å²) < 4.78 is 46.3. The molecule has 0 radical (unpaired) electrons. The second-order valence-corrected chi connectivity index (χ2v) is 9.16. The first kappa shape index (κ1) is 30.6. The molecule has 0 spiro atoms. The minimum Gasteiger partial charge on any atom is -0.488 e. The van der Waals surface area contributed by atoms with Gasteiger partial charge in [0.1, 0.15) is 0 Å². The predicted molar refractivity (Wildman–Crippen MR) is 140 cm³/mol. The number of benzene rings is 1. The van der Waals surface area contributed by atoms with Crippen molar-refractivity contribution in [3.8, 4) is 17.1 Å². The van der Waals surface area contributed by atoms with Crippen LogP contribution >= 0.6 is 12.4 Å². The molecule has 3 aromatic rings. The summed E-state index contributed by atoms with van der Waals surface area (Å²) in [6.07, 6.45) is -1.85. The lowest BCUT2D eigenvalue weighted by atomic mass is 9.85. The van der Waals surface area contributed by atoms with Crippen molar-refractivity contribution >= 4 is 29.8 Å². The Morgan fingerprint density at radius 3 is 2.50 bits per heavy atom. The third-order valence-corrected chi connectivity index (χ3v) is 5.42. The standard InChI is InChI=1S/C25H28F3N5O4.ClH/c1-5-37-20-8-16(11-30-22(20)35)21-29-12-19(14(2)31-21)33-23(36)32-17-7-6-15(10-24(3,4)13-34)18(9-17)25(26,27)28;/h6-9,11-12,34H,5,10,13H2,1-4H3,(H,30,35)(H2,32,33,36);1H. The Morgan fingerprint density at radius 1 is 1.18 bits per heavy atom. The van der Waals surface area contributed by atoms with Crippen molar-refractivity contribution in [1.29, 1.82) is 0 Å². The molecule has 0 atom stereocenters. The molecule has 0 unspecified atom stereocenters. The highest BCUT2D eigenvalue weighted by molar-refractivity contribution is 6.00. The maximum atomic E-state index is 13.7. The number of halogens is 4. The summed E-state index contributed by atoms with van der Waals surface area (Å²) >= 11 is 0. The predicted octanol–water partition coefficient (Wildman–Crippen LogP) is 5.18. The number of hydrogen-bond donors (Lipinski definition) is 4. The smallest absolute Gasteiger partial charge is 0.416 e. The third kappa shape index (κ3) is 7.68. The van der Waals surface area contributed by atoms with Gasteiger partial charge in [0.15, 0.2) is 11.6 Å². The fourth-order valence-electron chi connectivity index (χ4n) is 3.51. The lowest BCUT2D eigenvalue weighted by molar-refractivity contribution is -0.138. The van der Waals surface area contributed by atoms with Crippen LogP contribution in [0.15, 0.2) is 41.5 Å². The molecule has 1 aromatic carbocycles. The second-order valence-electron chi connectivity index (χ2n) is 9.16. The summed E-state index contributed by atoms with van der Waals surface area (Å²) in [5.41, 5.74) is -0.926. The molecule has 0 bridgehead atoms. The van der Waals surface area contributed by atoms with E-state index in [0.29, 0.717) is 17.9 Å². The van der Waals surface area contributed by atoms with Gasteiger partial charge in [-0.1, -0.05) is 19.9 Å². The van der Waals surface area contributed by atoms with Gasteiger partial charge in [-0.15, -0.1) is 12.4 Å². The maximum Gasteiger partial charge on any atom is 0.416 e. The van der Waals surface area contributed by atoms with Gasteiger partial charge in [0.05, 0.1) is 29.7 Å². The van der Waals surface area contributed by atoms with E-state index in [1.807, 2.05) is 0 Å². The highest BCUT2D eigenvalue weighted by Crippen LogP contribution is 2.36. The van der Waals surface area contributed by atoms with Crippen LogP contribution in [0.25, 0.3) is 11.4 Å². The number of nitrogens with zero attached hydrogens (tertiary/aromatic N) is 2. The quantitative estimate of drug-likeness (QED) is 0.303. The van der Waals surface area contributed by atoms with E-state index in [1.54, 1.807) is 27.7 Å². The van der Waals surface area contributed by atoms with Gasteiger partial charge in [-0.2, -0.15) is 13.2 Å². The van der Waals surface area contributed by atoms with Crippen LogP contribution in [0, 0.1) is 12.3 Å². The Bertz CT molecular complexity index is 1350. The average molecular weight is 556 g/mol. The summed E-state index contributed by atoms with van der Waals surface area (Å²) in [6.45, 7) is 6.72. The molecule has 2 amide bonds. The normalized spacial score (nSPS) is 11.5. The number of aryl methyl sites for hydroxylation is 1. The SMILES string of the molecule is CCOc1cc(-c2ncc(NC(=O)Nc3ccc(CC(C)(C)CO)c(C(F)(F)F)c3)c(C)n2)c[nH]c1=O.Cl. The number of aliphatic hydroxyl groups is 1. The van der Waals surface area contributed by atoms with Crippen LogP contribution in [0.5, 0.6) is 5.75 Å². The lowest BCUT2D eigenvalue weighted by Crippen LogP contribution is -2.23. The molecule has 3 rings (SSSR count). The molecule has 9 nitrogen and oxygen atoms in total. The number of amides is 2. The van der Waals surface area contributed by atoms with Gasteiger partial charge in [0.2, 0.25) is 0 Å². The van der Waals surface area contributed by atoms with E-state index in [-0.39, 0.29) is 53.9 Å². The minimum absolute atomic E-state index is 0. The van der Waals surface area contributed by atoms with E-state index in [9.17, 15) is 27.9 Å². The molecule has 4 N–H and O–H groups in total. The van der Waals surface area contributed by atoms with Gasteiger partial charge < -0.3 is 25.5 Å². The fraction of sp³-hybridized carbons (Fsp3) is 0.360. The number of hydrogen-bond acceptors (Lipinski definition) is 6. The van der Waals surface area contributed by atoms with Gasteiger partial charge in [0, 0.05) is 24.1 Å². The molecule has 0 fully saturated rings. The molecular weight excluding hydrogens is 527 g/mol. The minimum atomic E-state index is -4.64. The number of carbonyl (C=O) groups is 1. The maximum absolute atomic E-state index is 13.7. The van der Waals surface area contributed by atoms with E-state index < -0.39 is 28.7 Å². The topological polar surface area (TPSA) is 129 Å². The number of carbonyl (C=O) groups excluding carboxylic acids is 1. The van der Waals surface area contributed by atoms with Crippen molar-refractivity contribution < 1.29 is 27.8 Å². The first-order chi connectivity index (χ1) is 17.3. The average Bonchev–Trinajstić information content (AvgIpc) is 2.82. The molecule has 0 aliphatic heterocycles. The van der Waals surface area contributed by atoms with Gasteiger partial charge in [0.25, 0.3) is 5.56 Å². The monoisotopic (exact) mass is 555 g/mol. The molecule has 13 heteroatoms. The number of urea groups is 1. The van der Waals surface area contributed by atoms with Crippen LogP contribution in [0.2, 0.25) is 0 Å². The Morgan fingerprint density at radius 2 is 1.89 bits per heavy atom. The Hall–Kier alpha value is -3.64. The molecule has 2 aromatic heterocycles. The zero-order valence-electron chi connectivity index (χ0n) is 21.2. The number of alkyl halides is 3. The van der Waals surface area contributed by atoms with Crippen molar-refractivity contribution in [2.45, 2.75) is 40.3 Å². The largest absolute Gasteiger partial charge is 0.488 e. The van der Waals surface area contributed by atoms with E-state index in [4.69, 9.17) is 4.74 Å². The fourth-order valence-corrected chi connectivity index (χ4v) is 3.51. The number of aromatic nitrogens is 3. The first-order valence-corrected chi connectivity index (χ1v) is 11.4. The number of aliphatic hydroxyl groups excluding tert-OH is 1. The van der Waals surface area contributed by atoms with Gasteiger partial charge >= 0.3 is 12.2 Å². The lowest BCUT2D eigenvalue weighted by Gasteiger charge is -2.24. The van der Waals surface area contributed by atoms with Crippen molar-refractivity contribution in [2.24, 2.45) is 5.41 Å². The van der Waals surface area contributed by atoms with Crippen molar-refractivity contribution in [3.05, 3.63) is 63.8 Å². The van der Waals surface area contributed by atoms with Crippen LogP contribution < -0.4 is 20.9 Å². The zero-order chi connectivity index (χ0) is 27.4. The van der Waals surface area contributed by atoms with Crippen molar-refractivity contribution in [3.63, 3.8) is 0 Å². The molecular formula is C25H29ClF3N5O4. The van der Waals surface area contributed by atoms with Gasteiger partial charge in [-0.25, -0.2) is 14.8 Å². The number of pyridine rings is 1. The summed E-state index contributed by atoms with van der Waals surface area (Å²) in [4.78, 5) is 35.4. The molecule has 2 heterocycles. The number of aromatic amines is 1. The van der Waals surface area contributed by atoms with Crippen molar-refractivity contribution in [1.82, 2.24) is 15.0 Å². The van der Waals surface area contributed by atoms with Crippen molar-refractivity contribution in [2.75, 3.05) is 23.8 Å². The van der Waals surface area contributed by atoms with Crippen LogP contribution in [-0.4, -0.2) is 39.3 Å². The van der Waals surface area contributed by atoms with E-state index in [0.717, 1.165) is 6.07 Å². The summed E-state index contributed by atoms with van der Waals surface area (Å²) in [5.74, 6) is 0.392. The third-order valence-electron chi connectivity index (χ3n) is 5.42. The molecule has 0 saturated carbocycles. The Kier molecular flexibility index (Phi) is 9.87. The van der Waals surface area contributed by atoms with Crippen LogP contribution in [0.4, 0.5) is 29.3 Å². The highest BCUT2D eigenvalue weighted by Gasteiger charge is 2.35. The van der Waals surface area contributed by atoms with Crippen LogP contribution in [0.1, 0.15) is 37.6 Å². The second kappa shape index (κ2) is 12.3. The van der Waals surface area contributed by atoms with E-state index in [2.05, 4.69) is 25.6 Å². The number of rotatable bonds is 8. The molecule has 0 aliphatic rings. The summed E-state index contributed by atoms with van der Waals surface area (Å²) in [6, 6.07) is 4.25. The molecule has 38 heavy (non-hydrogen) atoms.